The minimum atomic E-state index is 0.484. The molecule has 0 amide bonds. The van der Waals surface area contributed by atoms with Crippen LogP contribution in [0.3, 0.4) is 0 Å². The highest BCUT2D eigenvalue weighted by Crippen LogP contribution is 2.32. The van der Waals surface area contributed by atoms with Crippen LogP contribution in [-0.2, 0) is 4.74 Å². The van der Waals surface area contributed by atoms with Gasteiger partial charge in [0, 0.05) is 19.1 Å². The standard InChI is InChI=1S/C17H25NO2/c1-2-7-17-16(6-1)14(9-12-20-17)13-18-10-8-15-5-3-4-11-19-15/h1-2,6-7,14-15,18H,3-5,8-13H2. The van der Waals surface area contributed by atoms with Gasteiger partial charge in [-0.15, -0.1) is 0 Å². The molecule has 2 unspecified atom stereocenters. The van der Waals surface area contributed by atoms with Crippen LogP contribution in [0.1, 0.15) is 43.6 Å². The van der Waals surface area contributed by atoms with Crippen LogP contribution in [0.2, 0.25) is 0 Å². The van der Waals surface area contributed by atoms with Crippen molar-refractivity contribution in [2.24, 2.45) is 0 Å². The summed E-state index contributed by atoms with van der Waals surface area (Å²) in [5.41, 5.74) is 1.36. The third kappa shape index (κ3) is 3.53. The van der Waals surface area contributed by atoms with Crippen LogP contribution in [-0.4, -0.2) is 32.4 Å². The second-order valence-corrected chi connectivity index (χ2v) is 5.85. The second-order valence-electron chi connectivity index (χ2n) is 5.85. The zero-order chi connectivity index (χ0) is 13.6. The van der Waals surface area contributed by atoms with Gasteiger partial charge in [-0.05, 0) is 50.3 Å². The molecule has 0 spiro atoms. The van der Waals surface area contributed by atoms with Crippen molar-refractivity contribution >= 4 is 0 Å². The fourth-order valence-corrected chi connectivity index (χ4v) is 3.20. The first-order valence-corrected chi connectivity index (χ1v) is 7.97. The van der Waals surface area contributed by atoms with E-state index in [0.29, 0.717) is 12.0 Å². The maximum atomic E-state index is 5.77. The molecular weight excluding hydrogens is 250 g/mol. The van der Waals surface area contributed by atoms with Crippen molar-refractivity contribution in [2.75, 3.05) is 26.3 Å². The van der Waals surface area contributed by atoms with Crippen molar-refractivity contribution in [1.82, 2.24) is 5.32 Å². The van der Waals surface area contributed by atoms with Gasteiger partial charge in [-0.3, -0.25) is 0 Å². The molecule has 0 radical (unpaired) electrons. The zero-order valence-corrected chi connectivity index (χ0v) is 12.1. The summed E-state index contributed by atoms with van der Waals surface area (Å²) < 4.78 is 11.5. The fourth-order valence-electron chi connectivity index (χ4n) is 3.20. The Balaban J connectivity index is 1.43. The SMILES string of the molecule is c1ccc2c(c1)OCCC2CNCCC1CCCCO1. The lowest BCUT2D eigenvalue weighted by atomic mass is 9.93. The smallest absolute Gasteiger partial charge is 0.122 e. The number of hydrogen-bond acceptors (Lipinski definition) is 3. The highest BCUT2D eigenvalue weighted by atomic mass is 16.5. The lowest BCUT2D eigenvalue weighted by Gasteiger charge is -2.27. The lowest BCUT2D eigenvalue weighted by molar-refractivity contribution is 0.0115. The van der Waals surface area contributed by atoms with Gasteiger partial charge in [-0.1, -0.05) is 18.2 Å². The predicted octanol–water partition coefficient (Wildman–Crippen LogP) is 3.10. The van der Waals surface area contributed by atoms with E-state index in [0.717, 1.165) is 44.9 Å². The molecule has 3 rings (SSSR count). The Bertz CT molecular complexity index is 415. The minimum absolute atomic E-state index is 0.484. The first-order chi connectivity index (χ1) is 9.93. The van der Waals surface area contributed by atoms with Crippen LogP contribution in [0.4, 0.5) is 0 Å². The number of benzene rings is 1. The Labute approximate surface area is 121 Å². The van der Waals surface area contributed by atoms with Gasteiger partial charge in [0.1, 0.15) is 5.75 Å². The molecule has 0 bridgehead atoms. The molecule has 1 aromatic rings. The Morgan fingerprint density at radius 1 is 1.10 bits per heavy atom. The molecule has 1 fully saturated rings. The quantitative estimate of drug-likeness (QED) is 0.838. The Morgan fingerprint density at radius 2 is 2.05 bits per heavy atom. The maximum Gasteiger partial charge on any atom is 0.122 e. The lowest BCUT2D eigenvalue weighted by Crippen LogP contribution is -2.29. The Morgan fingerprint density at radius 3 is 2.95 bits per heavy atom. The molecule has 110 valence electrons. The van der Waals surface area contributed by atoms with Gasteiger partial charge in [0.15, 0.2) is 0 Å². The molecular formula is C17H25NO2. The average Bonchev–Trinajstić information content (AvgIpc) is 2.53. The first-order valence-electron chi connectivity index (χ1n) is 7.97. The van der Waals surface area contributed by atoms with E-state index in [-0.39, 0.29) is 0 Å². The van der Waals surface area contributed by atoms with Crippen LogP contribution < -0.4 is 10.1 Å². The maximum absolute atomic E-state index is 5.77. The number of nitrogens with one attached hydrogen (secondary N) is 1. The third-order valence-corrected chi connectivity index (χ3v) is 4.39. The van der Waals surface area contributed by atoms with E-state index in [4.69, 9.17) is 9.47 Å². The van der Waals surface area contributed by atoms with Gasteiger partial charge in [0.25, 0.3) is 0 Å². The molecule has 1 aromatic carbocycles. The summed E-state index contributed by atoms with van der Waals surface area (Å²) in [4.78, 5) is 0. The van der Waals surface area contributed by atoms with E-state index in [1.807, 2.05) is 0 Å². The molecule has 3 nitrogen and oxygen atoms in total. The Hall–Kier alpha value is -1.06. The number of ether oxygens (including phenoxy) is 2. The summed E-state index contributed by atoms with van der Waals surface area (Å²) in [6.07, 6.45) is 6.55. The minimum Gasteiger partial charge on any atom is -0.493 e. The van der Waals surface area contributed by atoms with E-state index < -0.39 is 0 Å². The van der Waals surface area contributed by atoms with Crippen molar-refractivity contribution in [1.29, 1.82) is 0 Å². The van der Waals surface area contributed by atoms with Crippen molar-refractivity contribution in [3.8, 4) is 5.75 Å². The van der Waals surface area contributed by atoms with E-state index in [2.05, 4.69) is 29.6 Å². The zero-order valence-electron chi connectivity index (χ0n) is 12.1. The molecule has 0 saturated carbocycles. The van der Waals surface area contributed by atoms with Gasteiger partial charge in [0.05, 0.1) is 12.7 Å². The molecule has 1 saturated heterocycles. The number of fused-ring (bicyclic) bond motifs is 1. The molecule has 0 aliphatic carbocycles. The van der Waals surface area contributed by atoms with E-state index in [1.165, 1.54) is 24.8 Å². The molecule has 0 aromatic heterocycles. The van der Waals surface area contributed by atoms with Crippen molar-refractivity contribution in [3.63, 3.8) is 0 Å². The van der Waals surface area contributed by atoms with Crippen LogP contribution in [0, 0.1) is 0 Å². The van der Waals surface area contributed by atoms with E-state index in [9.17, 15) is 0 Å². The highest BCUT2D eigenvalue weighted by molar-refractivity contribution is 5.37. The van der Waals surface area contributed by atoms with Gasteiger partial charge in [-0.2, -0.15) is 0 Å². The number of para-hydroxylation sites is 1. The molecule has 20 heavy (non-hydrogen) atoms. The van der Waals surface area contributed by atoms with Crippen molar-refractivity contribution in [2.45, 2.75) is 44.1 Å². The fraction of sp³-hybridized carbons (Fsp3) is 0.647. The van der Waals surface area contributed by atoms with Gasteiger partial charge in [0.2, 0.25) is 0 Å². The topological polar surface area (TPSA) is 30.5 Å². The molecule has 2 aliphatic rings. The third-order valence-electron chi connectivity index (χ3n) is 4.39. The van der Waals surface area contributed by atoms with Crippen LogP contribution in [0.25, 0.3) is 0 Å². The highest BCUT2D eigenvalue weighted by Gasteiger charge is 2.20. The van der Waals surface area contributed by atoms with E-state index >= 15 is 0 Å². The summed E-state index contributed by atoms with van der Waals surface area (Å²) in [6, 6.07) is 8.44. The molecule has 1 N–H and O–H groups in total. The largest absolute Gasteiger partial charge is 0.493 e. The second kappa shape index (κ2) is 7.09. The summed E-state index contributed by atoms with van der Waals surface area (Å²) in [5.74, 6) is 1.66. The van der Waals surface area contributed by atoms with Gasteiger partial charge >= 0.3 is 0 Å². The van der Waals surface area contributed by atoms with Crippen molar-refractivity contribution < 1.29 is 9.47 Å². The molecule has 2 atom stereocenters. The Kier molecular flexibility index (Phi) is 4.93. The normalized spacial score (nSPS) is 25.8. The van der Waals surface area contributed by atoms with E-state index in [1.54, 1.807) is 0 Å². The molecule has 3 heteroatoms. The molecule has 2 heterocycles. The summed E-state index contributed by atoms with van der Waals surface area (Å²) in [7, 11) is 0. The van der Waals surface area contributed by atoms with Crippen LogP contribution >= 0.6 is 0 Å². The number of rotatable bonds is 5. The summed E-state index contributed by atoms with van der Waals surface area (Å²) in [6.45, 7) is 3.91. The monoisotopic (exact) mass is 275 g/mol. The van der Waals surface area contributed by atoms with Gasteiger partial charge in [-0.25, -0.2) is 0 Å². The van der Waals surface area contributed by atoms with Crippen LogP contribution in [0.5, 0.6) is 5.75 Å². The average molecular weight is 275 g/mol. The number of hydrogen-bond donors (Lipinski definition) is 1. The van der Waals surface area contributed by atoms with Crippen molar-refractivity contribution in [3.05, 3.63) is 29.8 Å². The van der Waals surface area contributed by atoms with Crippen LogP contribution in [0.15, 0.2) is 24.3 Å². The predicted molar refractivity (Wildman–Crippen MR) is 80.4 cm³/mol. The summed E-state index contributed by atoms with van der Waals surface area (Å²) >= 11 is 0. The first kappa shape index (κ1) is 13.9. The van der Waals surface area contributed by atoms with Gasteiger partial charge < -0.3 is 14.8 Å². The molecule has 2 aliphatic heterocycles. The summed E-state index contributed by atoms with van der Waals surface area (Å²) in [5, 5.41) is 3.61.